The van der Waals surface area contributed by atoms with E-state index < -0.39 is 11.9 Å². The summed E-state index contributed by atoms with van der Waals surface area (Å²) in [6, 6.07) is 5.20. The second kappa shape index (κ2) is 7.16. The zero-order valence-corrected chi connectivity index (χ0v) is 15.7. The third-order valence-corrected chi connectivity index (χ3v) is 6.39. The van der Waals surface area contributed by atoms with E-state index in [0.29, 0.717) is 17.8 Å². The standard InChI is InChI=1S/C21H29F2NO2/c1-15-11-17(20(2,22)23)14-18(12-15)24-9-7-21(8-10-24)5-3-16(4-6-21)13-19(25)26/h11-12,14,16H,3-10,13H2,1-2H3,(H,25,26). The lowest BCUT2D eigenvalue weighted by atomic mass is 9.65. The molecule has 1 aliphatic carbocycles. The summed E-state index contributed by atoms with van der Waals surface area (Å²) in [6.07, 6.45) is 6.64. The molecule has 26 heavy (non-hydrogen) atoms. The number of carbonyl (C=O) groups is 1. The predicted molar refractivity (Wildman–Crippen MR) is 98.8 cm³/mol. The van der Waals surface area contributed by atoms with Gasteiger partial charge in [-0.05, 0) is 80.5 Å². The van der Waals surface area contributed by atoms with E-state index in [4.69, 9.17) is 5.11 Å². The van der Waals surface area contributed by atoms with Crippen LogP contribution in [0.2, 0.25) is 0 Å². The molecule has 0 bridgehead atoms. The van der Waals surface area contributed by atoms with Crippen LogP contribution in [0.3, 0.4) is 0 Å². The Bertz CT molecular complexity index is 650. The summed E-state index contributed by atoms with van der Waals surface area (Å²) in [4.78, 5) is 13.1. The average molecular weight is 365 g/mol. The zero-order valence-electron chi connectivity index (χ0n) is 15.7. The Morgan fingerprint density at radius 1 is 1.19 bits per heavy atom. The van der Waals surface area contributed by atoms with Crippen LogP contribution in [-0.2, 0) is 10.7 Å². The van der Waals surface area contributed by atoms with Gasteiger partial charge < -0.3 is 10.0 Å². The van der Waals surface area contributed by atoms with E-state index in [-0.39, 0.29) is 5.56 Å². The lowest BCUT2D eigenvalue weighted by molar-refractivity contribution is -0.138. The van der Waals surface area contributed by atoms with Crippen molar-refractivity contribution in [2.45, 2.75) is 64.7 Å². The van der Waals surface area contributed by atoms with Crippen molar-refractivity contribution in [1.29, 1.82) is 0 Å². The molecule has 144 valence electrons. The molecule has 5 heteroatoms. The maximum Gasteiger partial charge on any atom is 0.303 e. The molecule has 1 saturated heterocycles. The number of carboxylic acids is 1. The number of carboxylic acid groups (broad SMARTS) is 1. The summed E-state index contributed by atoms with van der Waals surface area (Å²) in [7, 11) is 0. The van der Waals surface area contributed by atoms with Gasteiger partial charge in [0.2, 0.25) is 0 Å². The highest BCUT2D eigenvalue weighted by atomic mass is 19.3. The molecule has 0 aromatic heterocycles. The summed E-state index contributed by atoms with van der Waals surface area (Å²) in [6.45, 7) is 4.60. The van der Waals surface area contributed by atoms with E-state index in [9.17, 15) is 13.6 Å². The Morgan fingerprint density at radius 2 is 1.81 bits per heavy atom. The summed E-state index contributed by atoms with van der Waals surface area (Å²) in [5.74, 6) is -3.19. The highest BCUT2D eigenvalue weighted by molar-refractivity contribution is 5.67. The lowest BCUT2D eigenvalue weighted by Gasteiger charge is -2.46. The third-order valence-electron chi connectivity index (χ3n) is 6.39. The number of hydrogen-bond donors (Lipinski definition) is 1. The number of anilines is 1. The van der Waals surface area contributed by atoms with Crippen LogP contribution < -0.4 is 4.90 Å². The summed E-state index contributed by atoms with van der Waals surface area (Å²) >= 11 is 0. The van der Waals surface area contributed by atoms with Gasteiger partial charge in [-0.3, -0.25) is 4.79 Å². The average Bonchev–Trinajstić information content (AvgIpc) is 2.56. The van der Waals surface area contributed by atoms with Crippen LogP contribution in [0, 0.1) is 18.3 Å². The predicted octanol–water partition coefficient (Wildman–Crippen LogP) is 5.36. The van der Waals surface area contributed by atoms with E-state index in [1.807, 2.05) is 13.0 Å². The molecule has 0 radical (unpaired) electrons. The normalized spacial score (nSPS) is 21.2. The van der Waals surface area contributed by atoms with Crippen molar-refractivity contribution in [2.24, 2.45) is 11.3 Å². The Balaban J connectivity index is 1.63. The number of hydrogen-bond acceptors (Lipinski definition) is 2. The van der Waals surface area contributed by atoms with Crippen LogP contribution >= 0.6 is 0 Å². The fourth-order valence-corrected chi connectivity index (χ4v) is 4.68. The minimum atomic E-state index is -2.82. The van der Waals surface area contributed by atoms with Crippen LogP contribution in [0.5, 0.6) is 0 Å². The van der Waals surface area contributed by atoms with Gasteiger partial charge in [-0.1, -0.05) is 0 Å². The van der Waals surface area contributed by atoms with Gasteiger partial charge in [-0.15, -0.1) is 0 Å². The van der Waals surface area contributed by atoms with Crippen LogP contribution in [0.1, 0.15) is 63.0 Å². The molecule has 0 amide bonds. The fourth-order valence-electron chi connectivity index (χ4n) is 4.68. The van der Waals surface area contributed by atoms with Gasteiger partial charge in [-0.25, -0.2) is 8.78 Å². The van der Waals surface area contributed by atoms with E-state index in [2.05, 4.69) is 4.90 Å². The second-order valence-corrected chi connectivity index (χ2v) is 8.47. The topological polar surface area (TPSA) is 40.5 Å². The fraction of sp³-hybridized carbons (Fsp3) is 0.667. The molecule has 1 heterocycles. The third kappa shape index (κ3) is 4.36. The van der Waals surface area contributed by atoms with Crippen molar-refractivity contribution in [3.8, 4) is 0 Å². The number of rotatable bonds is 4. The van der Waals surface area contributed by atoms with Gasteiger partial charge in [0.15, 0.2) is 0 Å². The molecule has 1 aromatic rings. The molecule has 2 fully saturated rings. The quantitative estimate of drug-likeness (QED) is 0.781. The van der Waals surface area contributed by atoms with Gasteiger partial charge in [0, 0.05) is 37.7 Å². The SMILES string of the molecule is Cc1cc(N2CCC3(CCC(CC(=O)O)CC3)CC2)cc(C(C)(F)F)c1. The number of benzene rings is 1. The van der Waals surface area contributed by atoms with Crippen molar-refractivity contribution < 1.29 is 18.7 Å². The second-order valence-electron chi connectivity index (χ2n) is 8.47. The molecule has 0 unspecified atom stereocenters. The van der Waals surface area contributed by atoms with Crippen LogP contribution in [0.15, 0.2) is 18.2 Å². The largest absolute Gasteiger partial charge is 0.481 e. The maximum absolute atomic E-state index is 13.7. The zero-order chi connectivity index (χ0) is 18.9. The van der Waals surface area contributed by atoms with Gasteiger partial charge in [0.1, 0.15) is 0 Å². The molecule has 3 rings (SSSR count). The van der Waals surface area contributed by atoms with Crippen molar-refractivity contribution >= 4 is 11.7 Å². The minimum absolute atomic E-state index is 0.0852. The van der Waals surface area contributed by atoms with Crippen molar-refractivity contribution in [2.75, 3.05) is 18.0 Å². The lowest BCUT2D eigenvalue weighted by Crippen LogP contribution is -2.42. The Labute approximate surface area is 154 Å². The first kappa shape index (κ1) is 19.1. The number of aliphatic carboxylic acids is 1. The number of aryl methyl sites for hydroxylation is 1. The maximum atomic E-state index is 13.7. The first-order chi connectivity index (χ1) is 12.2. The highest BCUT2D eigenvalue weighted by Crippen LogP contribution is 2.47. The first-order valence-electron chi connectivity index (χ1n) is 9.64. The molecule has 1 aliphatic heterocycles. The highest BCUT2D eigenvalue weighted by Gasteiger charge is 2.38. The van der Waals surface area contributed by atoms with E-state index >= 15 is 0 Å². The van der Waals surface area contributed by atoms with Gasteiger partial charge >= 0.3 is 5.97 Å². The van der Waals surface area contributed by atoms with Gasteiger partial charge in [0.25, 0.3) is 5.92 Å². The Hall–Kier alpha value is -1.65. The van der Waals surface area contributed by atoms with Gasteiger partial charge in [-0.2, -0.15) is 0 Å². The van der Waals surface area contributed by atoms with Crippen molar-refractivity contribution in [3.63, 3.8) is 0 Å². The molecule has 1 spiro atoms. The molecule has 3 nitrogen and oxygen atoms in total. The number of nitrogens with zero attached hydrogens (tertiary/aromatic N) is 1. The number of piperidine rings is 1. The van der Waals surface area contributed by atoms with Crippen LogP contribution in [-0.4, -0.2) is 24.2 Å². The summed E-state index contributed by atoms with van der Waals surface area (Å²) < 4.78 is 27.5. The van der Waals surface area contributed by atoms with E-state index in [1.54, 1.807) is 12.1 Å². The first-order valence-corrected chi connectivity index (χ1v) is 9.64. The summed E-state index contributed by atoms with van der Waals surface area (Å²) in [5.41, 5.74) is 2.18. The molecular formula is C21H29F2NO2. The van der Waals surface area contributed by atoms with Crippen molar-refractivity contribution in [3.05, 3.63) is 29.3 Å². The smallest absolute Gasteiger partial charge is 0.303 e. The molecule has 1 aromatic carbocycles. The van der Waals surface area contributed by atoms with Crippen LogP contribution in [0.25, 0.3) is 0 Å². The van der Waals surface area contributed by atoms with Crippen LogP contribution in [0.4, 0.5) is 14.5 Å². The van der Waals surface area contributed by atoms with E-state index in [1.165, 1.54) is 0 Å². The Kier molecular flexibility index (Phi) is 5.27. The molecule has 1 saturated carbocycles. The Morgan fingerprint density at radius 3 is 2.35 bits per heavy atom. The molecule has 2 aliphatic rings. The summed E-state index contributed by atoms with van der Waals surface area (Å²) in [5, 5.41) is 8.97. The molecule has 0 atom stereocenters. The molecule has 1 N–H and O–H groups in total. The van der Waals surface area contributed by atoms with Crippen molar-refractivity contribution in [1.82, 2.24) is 0 Å². The monoisotopic (exact) mass is 365 g/mol. The number of halogens is 2. The minimum Gasteiger partial charge on any atom is -0.481 e. The van der Waals surface area contributed by atoms with Gasteiger partial charge in [0.05, 0.1) is 0 Å². The molecular weight excluding hydrogens is 336 g/mol. The van der Waals surface area contributed by atoms with E-state index in [0.717, 1.165) is 69.8 Å². The number of alkyl halides is 2.